The van der Waals surface area contributed by atoms with Crippen LogP contribution in [-0.2, 0) is 6.42 Å². The predicted octanol–water partition coefficient (Wildman–Crippen LogP) is 2.23. The summed E-state index contributed by atoms with van der Waals surface area (Å²) in [5.41, 5.74) is 3.58. The van der Waals surface area contributed by atoms with Crippen molar-refractivity contribution in [3.05, 3.63) is 41.1 Å². The van der Waals surface area contributed by atoms with E-state index in [0.29, 0.717) is 23.8 Å². The van der Waals surface area contributed by atoms with Crippen LogP contribution in [0.1, 0.15) is 52.8 Å². The lowest BCUT2D eigenvalue weighted by Crippen LogP contribution is -2.36. The largest absolute Gasteiger partial charge is 0.300 e. The molecule has 4 heterocycles. The monoisotopic (exact) mass is 322 g/mol. The van der Waals surface area contributed by atoms with Crippen LogP contribution in [0.15, 0.2) is 18.3 Å². The zero-order chi connectivity index (χ0) is 16.3. The van der Waals surface area contributed by atoms with E-state index in [1.54, 1.807) is 4.90 Å². The van der Waals surface area contributed by atoms with Crippen LogP contribution < -0.4 is 4.90 Å². The maximum Gasteiger partial charge on any atom is 0.261 e. The smallest absolute Gasteiger partial charge is 0.261 e. The van der Waals surface area contributed by atoms with Crippen molar-refractivity contribution >= 4 is 17.2 Å². The number of aromatic amines is 1. The standard InChI is InChI=1S/C17H18N6O/c1-10-13(7-6-12-9-18-15(23(10)12)11-4-5-11)17(24)22-8-2-3-14-16(22)20-21-19-14/h6-7,9,11H,2-5,8H2,1H3,(H,19,20,21). The van der Waals surface area contributed by atoms with Crippen LogP contribution in [0.5, 0.6) is 0 Å². The number of fused-ring (bicyclic) bond motifs is 2. The topological polar surface area (TPSA) is 79.2 Å². The highest BCUT2D eigenvalue weighted by atomic mass is 16.2. The lowest BCUT2D eigenvalue weighted by atomic mass is 10.1. The number of hydrogen-bond donors (Lipinski definition) is 1. The number of H-pyrrole nitrogens is 1. The maximum atomic E-state index is 13.2. The zero-order valence-electron chi connectivity index (χ0n) is 13.5. The van der Waals surface area contributed by atoms with E-state index in [2.05, 4.69) is 24.8 Å². The van der Waals surface area contributed by atoms with Crippen LogP contribution in [0.4, 0.5) is 5.82 Å². The zero-order valence-corrected chi connectivity index (χ0v) is 13.5. The summed E-state index contributed by atoms with van der Waals surface area (Å²) >= 11 is 0. The predicted molar refractivity (Wildman–Crippen MR) is 88.3 cm³/mol. The van der Waals surface area contributed by atoms with Gasteiger partial charge < -0.3 is 0 Å². The average molecular weight is 322 g/mol. The molecule has 0 spiro atoms. The van der Waals surface area contributed by atoms with E-state index in [1.807, 2.05) is 25.3 Å². The fraction of sp³-hybridized carbons (Fsp3) is 0.412. The quantitative estimate of drug-likeness (QED) is 0.784. The number of amides is 1. The van der Waals surface area contributed by atoms with E-state index in [1.165, 1.54) is 12.8 Å². The second-order valence-corrected chi connectivity index (χ2v) is 6.64. The first-order valence-corrected chi connectivity index (χ1v) is 8.42. The number of anilines is 1. The van der Waals surface area contributed by atoms with Gasteiger partial charge in [-0.2, -0.15) is 10.3 Å². The summed E-state index contributed by atoms with van der Waals surface area (Å²) in [7, 11) is 0. The maximum absolute atomic E-state index is 13.2. The van der Waals surface area contributed by atoms with Crippen LogP contribution in [0.2, 0.25) is 0 Å². The molecule has 0 atom stereocenters. The first-order chi connectivity index (χ1) is 11.7. The number of carbonyl (C=O) groups is 1. The van der Waals surface area contributed by atoms with Crippen molar-refractivity contribution in [1.29, 1.82) is 0 Å². The molecule has 1 N–H and O–H groups in total. The first-order valence-electron chi connectivity index (χ1n) is 8.42. The second kappa shape index (κ2) is 4.90. The van der Waals surface area contributed by atoms with Crippen molar-refractivity contribution in [2.75, 3.05) is 11.4 Å². The van der Waals surface area contributed by atoms with Gasteiger partial charge in [-0.1, -0.05) is 0 Å². The van der Waals surface area contributed by atoms with E-state index in [9.17, 15) is 4.79 Å². The third-order valence-corrected chi connectivity index (χ3v) is 5.03. The minimum absolute atomic E-state index is 0.0142. The Morgan fingerprint density at radius 1 is 1.29 bits per heavy atom. The van der Waals surface area contributed by atoms with Crippen LogP contribution in [0, 0.1) is 6.92 Å². The first kappa shape index (κ1) is 13.7. The van der Waals surface area contributed by atoms with Gasteiger partial charge in [0.15, 0.2) is 5.82 Å². The molecule has 5 rings (SSSR count). The number of nitrogens with zero attached hydrogens (tertiary/aromatic N) is 5. The van der Waals surface area contributed by atoms with Crippen molar-refractivity contribution in [2.45, 2.75) is 38.5 Å². The van der Waals surface area contributed by atoms with Crippen molar-refractivity contribution in [3.63, 3.8) is 0 Å². The second-order valence-electron chi connectivity index (χ2n) is 6.64. The molecule has 7 nitrogen and oxygen atoms in total. The van der Waals surface area contributed by atoms with Gasteiger partial charge in [-0.05, 0) is 44.7 Å². The molecule has 1 aliphatic heterocycles. The summed E-state index contributed by atoms with van der Waals surface area (Å²) in [5, 5.41) is 11.0. The molecular weight excluding hydrogens is 304 g/mol. The van der Waals surface area contributed by atoms with Crippen molar-refractivity contribution < 1.29 is 4.79 Å². The third kappa shape index (κ3) is 1.90. The Labute approximate surface area is 138 Å². The Hall–Kier alpha value is -2.70. The lowest BCUT2D eigenvalue weighted by Gasteiger charge is -2.25. The van der Waals surface area contributed by atoms with Crippen molar-refractivity contribution in [1.82, 2.24) is 24.8 Å². The fourth-order valence-corrected chi connectivity index (χ4v) is 3.61. The van der Waals surface area contributed by atoms with Crippen LogP contribution in [0.3, 0.4) is 0 Å². The van der Waals surface area contributed by atoms with Crippen LogP contribution in [0.25, 0.3) is 5.52 Å². The molecule has 0 bridgehead atoms. The summed E-state index contributed by atoms with van der Waals surface area (Å²) in [4.78, 5) is 19.5. The normalized spacial score (nSPS) is 17.3. The molecule has 1 aliphatic carbocycles. The number of aryl methyl sites for hydroxylation is 2. The van der Waals surface area contributed by atoms with Gasteiger partial charge in [-0.15, -0.1) is 5.10 Å². The Kier molecular flexibility index (Phi) is 2.80. The summed E-state index contributed by atoms with van der Waals surface area (Å²) in [6.07, 6.45) is 6.04. The molecule has 0 saturated heterocycles. The van der Waals surface area contributed by atoms with Crippen LogP contribution in [-0.4, -0.2) is 37.2 Å². The van der Waals surface area contributed by atoms with Gasteiger partial charge in [0.05, 0.1) is 17.3 Å². The molecule has 2 aliphatic rings. The molecule has 3 aromatic rings. The van der Waals surface area contributed by atoms with E-state index in [4.69, 9.17) is 0 Å². The van der Waals surface area contributed by atoms with E-state index < -0.39 is 0 Å². The van der Waals surface area contributed by atoms with E-state index in [0.717, 1.165) is 35.6 Å². The fourth-order valence-electron chi connectivity index (χ4n) is 3.61. The Morgan fingerprint density at radius 2 is 2.17 bits per heavy atom. The summed E-state index contributed by atoms with van der Waals surface area (Å²) < 4.78 is 2.14. The number of nitrogens with one attached hydrogen (secondary N) is 1. The van der Waals surface area contributed by atoms with Gasteiger partial charge in [-0.3, -0.25) is 14.1 Å². The molecule has 1 saturated carbocycles. The van der Waals surface area contributed by atoms with Gasteiger partial charge >= 0.3 is 0 Å². The van der Waals surface area contributed by atoms with Gasteiger partial charge in [0.25, 0.3) is 5.91 Å². The highest BCUT2D eigenvalue weighted by Crippen LogP contribution is 2.40. The van der Waals surface area contributed by atoms with Crippen molar-refractivity contribution in [3.8, 4) is 0 Å². The van der Waals surface area contributed by atoms with E-state index >= 15 is 0 Å². The molecule has 24 heavy (non-hydrogen) atoms. The SMILES string of the molecule is Cc1c(C(=O)N2CCCc3n[nH]nc32)ccc2cnc(C3CC3)n12. The Morgan fingerprint density at radius 3 is 3.00 bits per heavy atom. The van der Waals surface area contributed by atoms with Crippen molar-refractivity contribution in [2.24, 2.45) is 0 Å². The van der Waals surface area contributed by atoms with Gasteiger partial charge in [0.1, 0.15) is 11.5 Å². The number of imidazole rings is 1. The molecule has 1 fully saturated rings. The summed E-state index contributed by atoms with van der Waals surface area (Å²) in [5.74, 6) is 2.27. The summed E-state index contributed by atoms with van der Waals surface area (Å²) in [6, 6.07) is 3.88. The van der Waals surface area contributed by atoms with E-state index in [-0.39, 0.29) is 5.91 Å². The van der Waals surface area contributed by atoms with Gasteiger partial charge in [0, 0.05) is 18.2 Å². The molecule has 1 amide bonds. The minimum Gasteiger partial charge on any atom is -0.300 e. The third-order valence-electron chi connectivity index (χ3n) is 5.03. The number of pyridine rings is 1. The molecule has 3 aromatic heterocycles. The highest BCUT2D eigenvalue weighted by molar-refractivity contribution is 6.07. The van der Waals surface area contributed by atoms with Gasteiger partial charge in [0.2, 0.25) is 0 Å². The van der Waals surface area contributed by atoms with Crippen LogP contribution >= 0.6 is 0 Å². The Bertz CT molecular complexity index is 951. The lowest BCUT2D eigenvalue weighted by molar-refractivity contribution is 0.0983. The molecule has 0 unspecified atom stereocenters. The minimum atomic E-state index is -0.0142. The molecule has 0 radical (unpaired) electrons. The van der Waals surface area contributed by atoms with Gasteiger partial charge in [-0.25, -0.2) is 4.98 Å². The summed E-state index contributed by atoms with van der Waals surface area (Å²) in [6.45, 7) is 2.68. The molecule has 0 aromatic carbocycles. The average Bonchev–Trinajstić information content (AvgIpc) is 3.16. The molecule has 7 heteroatoms. The number of aromatic nitrogens is 5. The highest BCUT2D eigenvalue weighted by Gasteiger charge is 2.31. The number of rotatable bonds is 2. The molecular formula is C17H18N6O. The number of hydrogen-bond acceptors (Lipinski definition) is 4. The molecule has 122 valence electrons. The Balaban J connectivity index is 1.61. The number of carbonyl (C=O) groups excluding carboxylic acids is 1.